The van der Waals surface area contributed by atoms with Crippen molar-refractivity contribution in [3.05, 3.63) is 41.4 Å². The maximum absolute atomic E-state index is 12.2. The number of aromatic nitrogens is 2. The van der Waals surface area contributed by atoms with E-state index in [1.54, 1.807) is 5.51 Å². The zero-order valence-electron chi connectivity index (χ0n) is 10.6. The monoisotopic (exact) mass is 308 g/mol. The molecule has 0 bridgehead atoms. The summed E-state index contributed by atoms with van der Waals surface area (Å²) in [5.74, 6) is -0.393. The third kappa shape index (κ3) is 3.78. The van der Waals surface area contributed by atoms with Crippen LogP contribution < -0.4 is 10.6 Å². The van der Waals surface area contributed by atoms with E-state index >= 15 is 0 Å². The number of amides is 3. The number of thioether (sulfide) groups is 1. The van der Waals surface area contributed by atoms with E-state index in [-0.39, 0.29) is 0 Å². The van der Waals surface area contributed by atoms with Crippen LogP contribution in [0.4, 0.5) is 4.79 Å². The molecular weight excluding hydrogens is 296 g/mol. The molecule has 0 fully saturated rings. The lowest BCUT2D eigenvalue weighted by atomic mass is 10.1. The molecule has 8 heteroatoms. The molecule has 1 aromatic heterocycles. The molecule has 0 aliphatic rings. The maximum Gasteiger partial charge on any atom is 0.321 e. The molecule has 1 aromatic carbocycles. The zero-order valence-corrected chi connectivity index (χ0v) is 12.2. The molecule has 6 nitrogen and oxygen atoms in total. The fourth-order valence-corrected chi connectivity index (χ4v) is 3.13. The van der Waals surface area contributed by atoms with Crippen molar-refractivity contribution >= 4 is 35.0 Å². The van der Waals surface area contributed by atoms with Gasteiger partial charge in [-0.25, -0.2) is 4.79 Å². The molecule has 0 radical (unpaired) electrons. The first kappa shape index (κ1) is 14.5. The first-order valence-electron chi connectivity index (χ1n) is 5.71. The van der Waals surface area contributed by atoms with Gasteiger partial charge in [0.2, 0.25) is 5.91 Å². The van der Waals surface area contributed by atoms with Crippen LogP contribution in [0.15, 0.2) is 40.2 Å². The lowest BCUT2D eigenvalue weighted by Crippen LogP contribution is -2.39. The van der Waals surface area contributed by atoms with E-state index in [1.807, 2.05) is 30.3 Å². The number of urea groups is 1. The lowest BCUT2D eigenvalue weighted by Gasteiger charge is -2.14. The number of nitrogens with one attached hydrogen (secondary N) is 2. The topological polar surface area (TPSA) is 84.0 Å². The minimum atomic E-state index is -0.554. The largest absolute Gasteiger partial charge is 0.341 e. The zero-order chi connectivity index (χ0) is 14.4. The average molecular weight is 308 g/mol. The number of benzene rings is 1. The molecule has 0 aliphatic carbocycles. The second-order valence-electron chi connectivity index (χ2n) is 3.68. The van der Waals surface area contributed by atoms with Crippen LogP contribution in [0.25, 0.3) is 0 Å². The fraction of sp³-hybridized carbons (Fsp3) is 0.167. The van der Waals surface area contributed by atoms with Crippen LogP contribution in [0.3, 0.4) is 0 Å². The van der Waals surface area contributed by atoms with Gasteiger partial charge in [-0.15, -0.1) is 10.2 Å². The molecule has 104 valence electrons. The molecule has 0 aliphatic heterocycles. The van der Waals surface area contributed by atoms with Crippen molar-refractivity contribution < 1.29 is 9.59 Å². The van der Waals surface area contributed by atoms with E-state index in [0.29, 0.717) is 4.34 Å². The number of hydrogen-bond donors (Lipinski definition) is 2. The molecule has 2 rings (SSSR count). The van der Waals surface area contributed by atoms with Crippen molar-refractivity contribution in [1.29, 1.82) is 0 Å². The van der Waals surface area contributed by atoms with Gasteiger partial charge in [0.25, 0.3) is 0 Å². The predicted octanol–water partition coefficient (Wildman–Crippen LogP) is 1.83. The highest BCUT2D eigenvalue weighted by Gasteiger charge is 2.24. The van der Waals surface area contributed by atoms with Gasteiger partial charge >= 0.3 is 6.03 Å². The number of nitrogens with zero attached hydrogens (tertiary/aromatic N) is 2. The van der Waals surface area contributed by atoms with Gasteiger partial charge in [-0.3, -0.25) is 10.1 Å². The van der Waals surface area contributed by atoms with Crippen LogP contribution in [-0.4, -0.2) is 29.2 Å². The standard InChI is InChI=1S/C12H12N4O2S2/c1-13-11(18)15-10(17)9(8-5-3-2-4-6-8)20-12-16-14-7-19-12/h2-7,9H,1H3,(H2,13,15,17,18)/t9-/m0/s1. The first-order valence-corrected chi connectivity index (χ1v) is 7.47. The van der Waals surface area contributed by atoms with Gasteiger partial charge in [-0.1, -0.05) is 53.4 Å². The Hall–Kier alpha value is -1.93. The molecule has 0 saturated heterocycles. The summed E-state index contributed by atoms with van der Waals surface area (Å²) in [6.45, 7) is 0. The lowest BCUT2D eigenvalue weighted by molar-refractivity contribution is -0.119. The van der Waals surface area contributed by atoms with Crippen molar-refractivity contribution in [3.8, 4) is 0 Å². The Balaban J connectivity index is 2.20. The van der Waals surface area contributed by atoms with Gasteiger partial charge in [-0.2, -0.15) is 0 Å². The van der Waals surface area contributed by atoms with Gasteiger partial charge in [-0.05, 0) is 5.56 Å². The van der Waals surface area contributed by atoms with Crippen molar-refractivity contribution in [2.24, 2.45) is 0 Å². The van der Waals surface area contributed by atoms with E-state index in [9.17, 15) is 9.59 Å². The van der Waals surface area contributed by atoms with Crippen LogP contribution in [-0.2, 0) is 4.79 Å². The predicted molar refractivity (Wildman–Crippen MR) is 77.5 cm³/mol. The molecular formula is C12H12N4O2S2. The normalized spacial score (nSPS) is 11.7. The molecule has 0 unspecified atom stereocenters. The quantitative estimate of drug-likeness (QED) is 0.842. The minimum absolute atomic E-state index is 0.393. The summed E-state index contributed by atoms with van der Waals surface area (Å²) in [6.07, 6.45) is 0. The number of rotatable bonds is 4. The van der Waals surface area contributed by atoms with Crippen molar-refractivity contribution in [1.82, 2.24) is 20.8 Å². The summed E-state index contributed by atoms with van der Waals surface area (Å²) in [4.78, 5) is 23.5. The Morgan fingerprint density at radius 3 is 2.65 bits per heavy atom. The van der Waals surface area contributed by atoms with Gasteiger partial charge in [0.05, 0.1) is 0 Å². The average Bonchev–Trinajstić information content (AvgIpc) is 2.98. The van der Waals surface area contributed by atoms with Gasteiger partial charge in [0.15, 0.2) is 4.34 Å². The maximum atomic E-state index is 12.2. The highest BCUT2D eigenvalue weighted by molar-refractivity contribution is 8.01. The Labute approximate surface area is 124 Å². The van der Waals surface area contributed by atoms with E-state index in [4.69, 9.17) is 0 Å². The fourth-order valence-electron chi connectivity index (χ4n) is 1.46. The van der Waals surface area contributed by atoms with Crippen LogP contribution in [0.5, 0.6) is 0 Å². The number of hydrogen-bond acceptors (Lipinski definition) is 6. The summed E-state index contributed by atoms with van der Waals surface area (Å²) >= 11 is 2.61. The number of carbonyl (C=O) groups is 2. The van der Waals surface area contributed by atoms with Gasteiger partial charge in [0, 0.05) is 7.05 Å². The van der Waals surface area contributed by atoms with Crippen LogP contribution in [0.1, 0.15) is 10.8 Å². The summed E-state index contributed by atoms with van der Waals surface area (Å²) in [5, 5.41) is 11.7. The van der Waals surface area contributed by atoms with E-state index in [2.05, 4.69) is 20.8 Å². The first-order chi connectivity index (χ1) is 9.70. The van der Waals surface area contributed by atoms with Crippen molar-refractivity contribution in [2.45, 2.75) is 9.59 Å². The van der Waals surface area contributed by atoms with Crippen LogP contribution >= 0.6 is 23.1 Å². The van der Waals surface area contributed by atoms with Crippen molar-refractivity contribution in [3.63, 3.8) is 0 Å². The van der Waals surface area contributed by atoms with Crippen molar-refractivity contribution in [2.75, 3.05) is 7.05 Å². The van der Waals surface area contributed by atoms with E-state index < -0.39 is 17.2 Å². The minimum Gasteiger partial charge on any atom is -0.341 e. The molecule has 0 saturated carbocycles. The highest BCUT2D eigenvalue weighted by atomic mass is 32.2. The highest BCUT2D eigenvalue weighted by Crippen LogP contribution is 2.35. The molecule has 0 spiro atoms. The van der Waals surface area contributed by atoms with E-state index in [1.165, 1.54) is 30.1 Å². The summed E-state index contributed by atoms with van der Waals surface area (Å²) in [5.41, 5.74) is 2.40. The van der Waals surface area contributed by atoms with Gasteiger partial charge < -0.3 is 5.32 Å². The van der Waals surface area contributed by atoms with Crippen LogP contribution in [0, 0.1) is 0 Å². The Morgan fingerprint density at radius 2 is 2.05 bits per heavy atom. The Bertz CT molecular complexity index is 574. The molecule has 2 N–H and O–H groups in total. The molecule has 3 amide bonds. The third-order valence-electron chi connectivity index (χ3n) is 2.36. The van der Waals surface area contributed by atoms with Gasteiger partial charge in [0.1, 0.15) is 10.8 Å². The molecule has 20 heavy (non-hydrogen) atoms. The molecule has 1 heterocycles. The second kappa shape index (κ2) is 7.01. The smallest absolute Gasteiger partial charge is 0.321 e. The Kier molecular flexibility index (Phi) is 5.08. The summed E-state index contributed by atoms with van der Waals surface area (Å²) in [6, 6.07) is 8.69. The number of carbonyl (C=O) groups excluding carboxylic acids is 2. The summed E-state index contributed by atoms with van der Waals surface area (Å²) in [7, 11) is 1.46. The second-order valence-corrected chi connectivity index (χ2v) is 5.87. The molecule has 1 atom stereocenters. The Morgan fingerprint density at radius 1 is 1.30 bits per heavy atom. The van der Waals surface area contributed by atoms with E-state index in [0.717, 1.165) is 5.56 Å². The SMILES string of the molecule is CNC(=O)NC(=O)[C@@H](Sc1nncs1)c1ccccc1. The molecule has 2 aromatic rings. The third-order valence-corrected chi connectivity index (χ3v) is 4.43. The summed E-state index contributed by atoms with van der Waals surface area (Å²) < 4.78 is 0.672. The number of imide groups is 1. The van der Waals surface area contributed by atoms with Crippen LogP contribution in [0.2, 0.25) is 0 Å².